The molecule has 2 saturated heterocycles. The van der Waals surface area contributed by atoms with Crippen molar-refractivity contribution in [2.24, 2.45) is 0 Å². The van der Waals surface area contributed by atoms with Crippen molar-refractivity contribution < 1.29 is 32.6 Å². The highest BCUT2D eigenvalue weighted by molar-refractivity contribution is 7.99. The Morgan fingerprint density at radius 1 is 1.32 bits per heavy atom. The van der Waals surface area contributed by atoms with Gasteiger partial charge in [0.15, 0.2) is 34.5 Å². The quantitative estimate of drug-likeness (QED) is 0.186. The van der Waals surface area contributed by atoms with Crippen molar-refractivity contribution in [3.63, 3.8) is 0 Å². The molecule has 0 spiro atoms. The summed E-state index contributed by atoms with van der Waals surface area (Å²) in [6.07, 6.45) is -1.18. The molecule has 0 bridgehead atoms. The highest BCUT2D eigenvalue weighted by Crippen LogP contribution is 2.63. The third kappa shape index (κ3) is 6.08. The maximum atomic E-state index is 11.1. The number of nitrogens with zero attached hydrogens (tertiary/aromatic N) is 4. The molecule has 2 fully saturated rings. The minimum Gasteiger partial charge on any atom is -0.434 e. The second-order valence-corrected chi connectivity index (χ2v) is 11.1. The lowest BCUT2D eigenvalue weighted by Crippen LogP contribution is -2.42. The summed E-state index contributed by atoms with van der Waals surface area (Å²) in [5.74, 6) is -0.291. The molecule has 2 aliphatic heterocycles. The van der Waals surface area contributed by atoms with Crippen LogP contribution in [0.2, 0.25) is 5.02 Å². The number of carbonyl (C=O) groups is 1. The zero-order valence-electron chi connectivity index (χ0n) is 21.1. The van der Waals surface area contributed by atoms with Crippen molar-refractivity contribution in [2.45, 2.75) is 55.4 Å². The highest BCUT2D eigenvalue weighted by Gasteiger charge is 2.59. The molecule has 0 saturated carbocycles. The number of esters is 1. The monoisotopic (exact) mass is 582 g/mol. The van der Waals surface area contributed by atoms with E-state index in [2.05, 4.69) is 9.97 Å². The van der Waals surface area contributed by atoms with Gasteiger partial charge in [0.25, 0.3) is 0 Å². The van der Waals surface area contributed by atoms with E-state index in [9.17, 15) is 4.79 Å². The molecule has 3 aromatic rings. The van der Waals surface area contributed by atoms with Crippen LogP contribution in [0.15, 0.2) is 40.6 Å². The van der Waals surface area contributed by atoms with Crippen LogP contribution in [0.5, 0.6) is 0 Å². The average Bonchev–Trinajstić information content (AvgIpc) is 3.43. The number of halogens is 1. The van der Waals surface area contributed by atoms with E-state index < -0.39 is 45.1 Å². The second-order valence-electron chi connectivity index (χ2n) is 7.81. The average molecular weight is 583 g/mol. The van der Waals surface area contributed by atoms with Gasteiger partial charge in [-0.05, 0) is 24.3 Å². The van der Waals surface area contributed by atoms with Crippen LogP contribution in [-0.4, -0.2) is 71.9 Å². The molecule has 2 aliphatic rings. The summed E-state index contributed by atoms with van der Waals surface area (Å²) in [6.45, 7) is 4.93. The molecule has 12 nitrogen and oxygen atoms in total. The first-order valence-electron chi connectivity index (χ1n) is 11.7. The highest BCUT2D eigenvalue weighted by atomic mass is 35.5. The van der Waals surface area contributed by atoms with Crippen molar-refractivity contribution in [3.8, 4) is 0 Å². The van der Waals surface area contributed by atoms with Gasteiger partial charge in [-0.2, -0.15) is 13.6 Å². The summed E-state index contributed by atoms with van der Waals surface area (Å²) in [6, 6.07) is 7.32. The lowest BCUT2D eigenvalue weighted by atomic mass is 10.1. The van der Waals surface area contributed by atoms with Gasteiger partial charge >= 0.3 is 21.4 Å². The minimum atomic E-state index is -3.30. The van der Waals surface area contributed by atoms with Crippen molar-refractivity contribution in [1.82, 2.24) is 19.5 Å². The molecule has 2 N–H and O–H groups in total. The van der Waals surface area contributed by atoms with Crippen LogP contribution >= 0.6 is 31.2 Å². The summed E-state index contributed by atoms with van der Waals surface area (Å²) >= 11 is 7.42. The molecular formula is C22H27BClN5O7PS+. The predicted molar refractivity (Wildman–Crippen MR) is 143 cm³/mol. The SMILES string of the molecule is CC.[B][P+]1(OCOC(C)=O)OC[C@H]2O[C@@H](n3c(Sc4ccc(Cl)cc4)nc4c(N)ncnc43)C(OC)[C@@H]2O1. The summed E-state index contributed by atoms with van der Waals surface area (Å²) in [5.41, 5.74) is 6.99. The number of hydrogen-bond donors (Lipinski definition) is 1. The number of benzene rings is 1. The van der Waals surface area contributed by atoms with E-state index in [1.807, 2.05) is 26.0 Å². The van der Waals surface area contributed by atoms with E-state index >= 15 is 0 Å². The number of carbonyl (C=O) groups excluding carboxylic acids is 1. The molecule has 2 aromatic heterocycles. The van der Waals surface area contributed by atoms with Crippen LogP contribution in [0.25, 0.3) is 11.2 Å². The van der Waals surface area contributed by atoms with Gasteiger partial charge < -0.3 is 19.9 Å². The van der Waals surface area contributed by atoms with Crippen molar-refractivity contribution in [1.29, 1.82) is 0 Å². The van der Waals surface area contributed by atoms with Gasteiger partial charge in [0.05, 0.1) is 0 Å². The number of nitrogens with two attached hydrogens (primary N) is 1. The Hall–Kier alpha value is -2.03. The molecule has 1 aromatic carbocycles. The van der Waals surface area contributed by atoms with E-state index in [0.717, 1.165) is 4.90 Å². The standard InChI is InChI=1S/C20H21BClN5O7PS.C2H6/c1-10(28)30-9-32-35(21)31-7-13-15(34-35)16(29-2)19(33-13)27-18-14(17(23)24-8-25-18)26-20(27)36-12-5-3-11(22)4-6-12;1-2/h3-6,8,13,15-16,19H,7,9H2,1-2H3,(H2,23,24,25);1-2H3/q+1;/t13-,15-,16?,19-,35?;/m1./s1. The molecule has 0 amide bonds. The number of fused-ring (bicyclic) bond motifs is 2. The smallest absolute Gasteiger partial charge is 0.434 e. The first kappa shape index (κ1) is 29.0. The first-order valence-corrected chi connectivity index (χ1v) is 14.5. The van der Waals surface area contributed by atoms with E-state index in [1.165, 1.54) is 32.1 Å². The minimum absolute atomic E-state index is 0.0782. The van der Waals surface area contributed by atoms with E-state index in [-0.39, 0.29) is 12.4 Å². The number of methoxy groups -OCH3 is 1. The van der Waals surface area contributed by atoms with Gasteiger partial charge in [-0.3, -0.25) is 9.36 Å². The Morgan fingerprint density at radius 3 is 2.74 bits per heavy atom. The number of rotatable bonds is 7. The number of hydrogen-bond acceptors (Lipinski definition) is 12. The van der Waals surface area contributed by atoms with Gasteiger partial charge in [-0.15, -0.1) is 0 Å². The Balaban J connectivity index is 0.00000164. The molecule has 202 valence electrons. The fourth-order valence-electron chi connectivity index (χ4n) is 3.87. The molecule has 2 radical (unpaired) electrons. The number of ether oxygens (including phenoxy) is 3. The van der Waals surface area contributed by atoms with Gasteiger partial charge in [0.2, 0.25) is 6.79 Å². The van der Waals surface area contributed by atoms with E-state index in [1.54, 1.807) is 16.7 Å². The fourth-order valence-corrected chi connectivity index (χ4v) is 6.25. The van der Waals surface area contributed by atoms with Gasteiger partial charge in [0.1, 0.15) is 25.1 Å². The Kier molecular flexibility index (Phi) is 9.48. The van der Waals surface area contributed by atoms with E-state index in [4.69, 9.17) is 57.7 Å². The third-order valence-corrected chi connectivity index (χ3v) is 8.23. The number of anilines is 1. The molecule has 5 atom stereocenters. The first-order chi connectivity index (χ1) is 18.3. The topological polar surface area (TPSA) is 142 Å². The largest absolute Gasteiger partial charge is 0.488 e. The van der Waals surface area contributed by atoms with Gasteiger partial charge in [-0.1, -0.05) is 37.2 Å². The summed E-state index contributed by atoms with van der Waals surface area (Å²) in [5, 5.41) is 1.17. The number of nitrogen functional groups attached to an aromatic ring is 1. The maximum absolute atomic E-state index is 11.1. The van der Waals surface area contributed by atoms with Crippen LogP contribution in [0.4, 0.5) is 5.82 Å². The number of imidazole rings is 1. The van der Waals surface area contributed by atoms with Gasteiger partial charge in [-0.25, -0.2) is 15.0 Å². The molecule has 16 heteroatoms. The maximum Gasteiger partial charge on any atom is 0.488 e. The molecule has 4 heterocycles. The van der Waals surface area contributed by atoms with Crippen LogP contribution in [0.1, 0.15) is 27.0 Å². The lowest BCUT2D eigenvalue weighted by molar-refractivity contribution is -0.149. The van der Waals surface area contributed by atoms with Crippen molar-refractivity contribution in [3.05, 3.63) is 35.6 Å². The number of aromatic nitrogens is 4. The zero-order valence-corrected chi connectivity index (χ0v) is 23.6. The molecular weight excluding hydrogens is 556 g/mol. The van der Waals surface area contributed by atoms with E-state index in [0.29, 0.717) is 21.3 Å². The molecule has 5 rings (SSSR count). The van der Waals surface area contributed by atoms with Crippen molar-refractivity contribution in [2.75, 3.05) is 26.2 Å². The normalized spacial score (nSPS) is 26.4. The summed E-state index contributed by atoms with van der Waals surface area (Å²) in [7, 11) is 4.45. The Morgan fingerprint density at radius 2 is 2.05 bits per heavy atom. The third-order valence-electron chi connectivity index (χ3n) is 5.49. The van der Waals surface area contributed by atoms with Crippen LogP contribution < -0.4 is 5.73 Å². The second kappa shape index (κ2) is 12.4. The molecule has 2 unspecified atom stereocenters. The molecule has 0 aliphatic carbocycles. The van der Waals surface area contributed by atoms with Gasteiger partial charge in [0, 0.05) is 24.0 Å². The Bertz CT molecular complexity index is 1270. The summed E-state index contributed by atoms with van der Waals surface area (Å²) < 4.78 is 35.8. The Labute approximate surface area is 230 Å². The van der Waals surface area contributed by atoms with Crippen LogP contribution in [0, 0.1) is 0 Å². The van der Waals surface area contributed by atoms with Crippen LogP contribution in [-0.2, 0) is 32.6 Å². The molecule has 38 heavy (non-hydrogen) atoms. The van der Waals surface area contributed by atoms with Crippen molar-refractivity contribution >= 4 is 61.7 Å². The lowest BCUT2D eigenvalue weighted by Gasteiger charge is -2.31. The summed E-state index contributed by atoms with van der Waals surface area (Å²) in [4.78, 5) is 25.1. The van der Waals surface area contributed by atoms with Crippen LogP contribution in [0.3, 0.4) is 0 Å². The zero-order chi connectivity index (χ0) is 27.4. The predicted octanol–water partition coefficient (Wildman–Crippen LogP) is 3.95. The fraction of sp³-hybridized carbons (Fsp3) is 0.455.